The fourth-order valence-electron chi connectivity index (χ4n) is 1.69. The van der Waals surface area contributed by atoms with Gasteiger partial charge in [0.2, 0.25) is 5.91 Å². The predicted octanol–water partition coefficient (Wildman–Crippen LogP) is 2.53. The van der Waals surface area contributed by atoms with Crippen molar-refractivity contribution >= 4 is 34.8 Å². The Hall–Kier alpha value is -1.83. The predicted molar refractivity (Wildman–Crippen MR) is 90.2 cm³/mol. The molecule has 0 fully saturated rings. The van der Waals surface area contributed by atoms with Crippen LogP contribution in [0.5, 0.6) is 11.5 Å². The van der Waals surface area contributed by atoms with Crippen LogP contribution in [0.4, 0.5) is 5.13 Å². The van der Waals surface area contributed by atoms with Crippen molar-refractivity contribution in [3.05, 3.63) is 23.6 Å². The Morgan fingerprint density at radius 3 is 2.68 bits per heavy atom. The second-order valence-electron chi connectivity index (χ2n) is 4.38. The molecule has 2 rings (SSSR count). The number of hydrogen-bond acceptors (Lipinski definition) is 6. The third-order valence-corrected chi connectivity index (χ3v) is 3.59. The van der Waals surface area contributed by atoms with E-state index in [4.69, 9.17) is 15.2 Å². The van der Waals surface area contributed by atoms with Gasteiger partial charge in [-0.25, -0.2) is 4.98 Å². The molecule has 0 aliphatic rings. The zero-order chi connectivity index (χ0) is 15.4. The first-order valence-corrected chi connectivity index (χ1v) is 7.17. The van der Waals surface area contributed by atoms with Crippen LogP contribution in [-0.2, 0) is 4.79 Å². The highest BCUT2D eigenvalue weighted by Crippen LogP contribution is 2.34. The summed E-state index contributed by atoms with van der Waals surface area (Å²) in [5, 5.41) is 5.01. The number of hydrogen-bond donors (Lipinski definition) is 2. The molecular formula is C14H18ClN3O3S. The van der Waals surface area contributed by atoms with Crippen molar-refractivity contribution in [1.82, 2.24) is 4.98 Å². The van der Waals surface area contributed by atoms with Crippen LogP contribution in [0.1, 0.15) is 6.92 Å². The van der Waals surface area contributed by atoms with Crippen LogP contribution in [0, 0.1) is 0 Å². The van der Waals surface area contributed by atoms with Gasteiger partial charge in [0.05, 0.1) is 26.0 Å². The van der Waals surface area contributed by atoms with E-state index in [9.17, 15) is 4.79 Å². The maximum absolute atomic E-state index is 11.6. The first kappa shape index (κ1) is 18.2. The van der Waals surface area contributed by atoms with Gasteiger partial charge in [-0.1, -0.05) is 0 Å². The van der Waals surface area contributed by atoms with Crippen molar-refractivity contribution in [2.75, 3.05) is 19.5 Å². The number of methoxy groups -OCH3 is 2. The molecule has 0 saturated carbocycles. The number of halogens is 1. The number of nitrogens with one attached hydrogen (secondary N) is 1. The Bertz CT molecular complexity index is 646. The molecule has 1 atom stereocenters. The molecule has 1 heterocycles. The summed E-state index contributed by atoms with van der Waals surface area (Å²) in [4.78, 5) is 15.9. The third kappa shape index (κ3) is 4.09. The smallest absolute Gasteiger partial charge is 0.242 e. The maximum atomic E-state index is 11.6. The lowest BCUT2D eigenvalue weighted by atomic mass is 10.1. The third-order valence-electron chi connectivity index (χ3n) is 2.83. The summed E-state index contributed by atoms with van der Waals surface area (Å²) in [7, 11) is 3.19. The molecule has 2 aromatic rings. The van der Waals surface area contributed by atoms with Gasteiger partial charge in [0.25, 0.3) is 0 Å². The Kier molecular flexibility index (Phi) is 6.61. The lowest BCUT2D eigenvalue weighted by Gasteiger charge is -2.08. The van der Waals surface area contributed by atoms with E-state index in [0.29, 0.717) is 22.3 Å². The average Bonchev–Trinajstić information content (AvgIpc) is 2.94. The summed E-state index contributed by atoms with van der Waals surface area (Å²) in [5.74, 6) is 1.12. The van der Waals surface area contributed by atoms with Crippen molar-refractivity contribution in [3.8, 4) is 22.8 Å². The van der Waals surface area contributed by atoms with E-state index in [2.05, 4.69) is 10.3 Å². The van der Waals surface area contributed by atoms with Crippen LogP contribution >= 0.6 is 23.7 Å². The minimum atomic E-state index is -0.580. The lowest BCUT2D eigenvalue weighted by molar-refractivity contribution is -0.117. The van der Waals surface area contributed by atoms with Crippen molar-refractivity contribution < 1.29 is 14.3 Å². The Balaban J connectivity index is 0.00000242. The minimum Gasteiger partial charge on any atom is -0.497 e. The van der Waals surface area contributed by atoms with Gasteiger partial charge in [0.1, 0.15) is 11.5 Å². The van der Waals surface area contributed by atoms with E-state index in [1.54, 1.807) is 21.1 Å². The van der Waals surface area contributed by atoms with Crippen LogP contribution in [0.25, 0.3) is 11.3 Å². The Labute approximate surface area is 139 Å². The van der Waals surface area contributed by atoms with Crippen LogP contribution in [0.2, 0.25) is 0 Å². The molecule has 1 aromatic heterocycles. The molecule has 8 heteroatoms. The van der Waals surface area contributed by atoms with Crippen LogP contribution < -0.4 is 20.5 Å². The summed E-state index contributed by atoms with van der Waals surface area (Å²) in [6.07, 6.45) is 0. The monoisotopic (exact) mass is 343 g/mol. The van der Waals surface area contributed by atoms with Gasteiger partial charge in [-0.05, 0) is 25.1 Å². The molecule has 22 heavy (non-hydrogen) atoms. The number of aromatic nitrogens is 1. The number of carbonyl (C=O) groups is 1. The quantitative estimate of drug-likeness (QED) is 0.871. The molecule has 3 N–H and O–H groups in total. The molecule has 0 spiro atoms. The van der Waals surface area contributed by atoms with Gasteiger partial charge < -0.3 is 20.5 Å². The molecule has 0 radical (unpaired) electrons. The molecule has 0 aliphatic heterocycles. The topological polar surface area (TPSA) is 86.5 Å². The van der Waals surface area contributed by atoms with Gasteiger partial charge in [-0.2, -0.15) is 0 Å². The number of rotatable bonds is 5. The minimum absolute atomic E-state index is 0. The molecule has 0 bridgehead atoms. The summed E-state index contributed by atoms with van der Waals surface area (Å²) in [6.45, 7) is 1.62. The number of nitrogens with zero attached hydrogens (tertiary/aromatic N) is 1. The highest BCUT2D eigenvalue weighted by Gasteiger charge is 2.14. The second-order valence-corrected chi connectivity index (χ2v) is 5.24. The number of carbonyl (C=O) groups excluding carboxylic acids is 1. The second kappa shape index (κ2) is 7.98. The summed E-state index contributed by atoms with van der Waals surface area (Å²) in [6, 6.07) is 4.88. The van der Waals surface area contributed by atoms with Gasteiger partial charge in [0, 0.05) is 10.9 Å². The fraction of sp³-hybridized carbons (Fsp3) is 0.286. The van der Waals surface area contributed by atoms with Crippen LogP contribution in [0.3, 0.4) is 0 Å². The van der Waals surface area contributed by atoms with E-state index in [1.807, 2.05) is 23.6 Å². The molecule has 0 aliphatic carbocycles. The first-order chi connectivity index (χ1) is 10.0. The van der Waals surface area contributed by atoms with E-state index in [-0.39, 0.29) is 18.3 Å². The molecular weight excluding hydrogens is 326 g/mol. The number of benzene rings is 1. The highest BCUT2D eigenvalue weighted by molar-refractivity contribution is 7.14. The number of amides is 1. The molecule has 0 saturated heterocycles. The maximum Gasteiger partial charge on any atom is 0.242 e. The normalized spacial score (nSPS) is 11.3. The Morgan fingerprint density at radius 1 is 1.36 bits per heavy atom. The largest absolute Gasteiger partial charge is 0.497 e. The van der Waals surface area contributed by atoms with Gasteiger partial charge >= 0.3 is 0 Å². The fourth-order valence-corrected chi connectivity index (χ4v) is 2.40. The average molecular weight is 344 g/mol. The summed E-state index contributed by atoms with van der Waals surface area (Å²) < 4.78 is 10.5. The number of ether oxygens (including phenoxy) is 2. The lowest BCUT2D eigenvalue weighted by Crippen LogP contribution is -2.32. The molecule has 120 valence electrons. The van der Waals surface area contributed by atoms with E-state index in [1.165, 1.54) is 11.3 Å². The van der Waals surface area contributed by atoms with E-state index < -0.39 is 6.04 Å². The van der Waals surface area contributed by atoms with E-state index >= 15 is 0 Å². The van der Waals surface area contributed by atoms with E-state index in [0.717, 1.165) is 5.56 Å². The first-order valence-electron chi connectivity index (χ1n) is 6.29. The van der Waals surface area contributed by atoms with Crippen LogP contribution in [0.15, 0.2) is 23.6 Å². The van der Waals surface area contributed by atoms with Crippen molar-refractivity contribution in [3.63, 3.8) is 0 Å². The standard InChI is InChI=1S/C14H17N3O3S.ClH/c1-8(15)13(18)17-14-16-11(7-21-14)10-6-9(19-2)4-5-12(10)20-3;/h4-8H,15H2,1-3H3,(H,16,17,18);1H/t8-;/m0./s1. The molecule has 1 aromatic carbocycles. The SMILES string of the molecule is COc1ccc(OC)c(-c2csc(NC(=O)[C@H](C)N)n2)c1.Cl. The molecule has 1 amide bonds. The highest BCUT2D eigenvalue weighted by atomic mass is 35.5. The zero-order valence-corrected chi connectivity index (χ0v) is 14.1. The van der Waals surface area contributed by atoms with Crippen molar-refractivity contribution in [2.45, 2.75) is 13.0 Å². The number of anilines is 1. The zero-order valence-electron chi connectivity index (χ0n) is 12.5. The number of nitrogens with two attached hydrogens (primary N) is 1. The van der Waals surface area contributed by atoms with Gasteiger partial charge in [0.15, 0.2) is 5.13 Å². The molecule has 0 unspecified atom stereocenters. The summed E-state index contributed by atoms with van der Waals surface area (Å²) >= 11 is 1.33. The van der Waals surface area contributed by atoms with Gasteiger partial charge in [-0.15, -0.1) is 23.7 Å². The van der Waals surface area contributed by atoms with Crippen LogP contribution in [-0.4, -0.2) is 31.2 Å². The molecule has 6 nitrogen and oxygen atoms in total. The van der Waals surface area contributed by atoms with Gasteiger partial charge in [-0.3, -0.25) is 4.79 Å². The summed E-state index contributed by atoms with van der Waals surface area (Å²) in [5.41, 5.74) is 7.02. The Morgan fingerprint density at radius 2 is 2.09 bits per heavy atom. The van der Waals surface area contributed by atoms with Crippen molar-refractivity contribution in [1.29, 1.82) is 0 Å². The number of thiazole rings is 1. The van der Waals surface area contributed by atoms with Crippen molar-refractivity contribution in [2.24, 2.45) is 5.73 Å².